The maximum Gasteiger partial charge on any atom is 0.0107 e. The zero-order chi connectivity index (χ0) is 13.8. The fraction of sp³-hybridized carbons (Fsp3) is 0.684. The Morgan fingerprint density at radius 2 is 1.90 bits per heavy atom. The Bertz CT molecular complexity index is 412. The standard InChI is InChI=1S/C19H29N/c1-15-8-10-17(11-9-15)18-6-4-5-16(13-18)14-19-7-2-3-12-20-19/h4-6,13,15,17,19-20H,2-3,7-12,14H2,1H3. The second kappa shape index (κ2) is 6.76. The molecule has 1 saturated heterocycles. The minimum Gasteiger partial charge on any atom is -0.314 e. The van der Waals surface area contributed by atoms with Crippen molar-refractivity contribution in [3.05, 3.63) is 35.4 Å². The van der Waals surface area contributed by atoms with Crippen LogP contribution < -0.4 is 5.32 Å². The fourth-order valence-corrected chi connectivity index (χ4v) is 3.95. The number of nitrogens with one attached hydrogen (secondary N) is 1. The molecule has 2 fully saturated rings. The Labute approximate surface area is 124 Å². The van der Waals surface area contributed by atoms with Gasteiger partial charge in [0.2, 0.25) is 0 Å². The molecule has 1 aliphatic carbocycles. The maximum atomic E-state index is 3.67. The first kappa shape index (κ1) is 14.1. The zero-order valence-corrected chi connectivity index (χ0v) is 12.9. The Hall–Kier alpha value is -0.820. The monoisotopic (exact) mass is 271 g/mol. The van der Waals surface area contributed by atoms with Crippen molar-refractivity contribution in [1.82, 2.24) is 5.32 Å². The highest BCUT2D eigenvalue weighted by atomic mass is 14.9. The molecular weight excluding hydrogens is 242 g/mol. The molecule has 1 atom stereocenters. The molecule has 1 aliphatic heterocycles. The molecule has 1 heteroatoms. The topological polar surface area (TPSA) is 12.0 Å². The summed E-state index contributed by atoms with van der Waals surface area (Å²) in [5, 5.41) is 3.67. The molecule has 1 unspecified atom stereocenters. The summed E-state index contributed by atoms with van der Waals surface area (Å²) in [6.45, 7) is 3.62. The van der Waals surface area contributed by atoms with Gasteiger partial charge in [-0.3, -0.25) is 0 Å². The molecule has 1 aromatic rings. The number of hydrogen-bond donors (Lipinski definition) is 1. The smallest absolute Gasteiger partial charge is 0.0107 e. The third kappa shape index (κ3) is 3.63. The molecule has 1 heterocycles. The Morgan fingerprint density at radius 1 is 1.05 bits per heavy atom. The van der Waals surface area contributed by atoms with Crippen LogP contribution in [-0.2, 0) is 6.42 Å². The van der Waals surface area contributed by atoms with Crippen molar-refractivity contribution in [2.24, 2.45) is 5.92 Å². The summed E-state index contributed by atoms with van der Waals surface area (Å²) in [6.07, 6.45) is 11.0. The lowest BCUT2D eigenvalue weighted by molar-refractivity contribution is 0.347. The molecule has 1 nitrogen and oxygen atoms in total. The van der Waals surface area contributed by atoms with Crippen LogP contribution in [0.5, 0.6) is 0 Å². The van der Waals surface area contributed by atoms with E-state index in [2.05, 4.69) is 36.5 Å². The van der Waals surface area contributed by atoms with Crippen molar-refractivity contribution >= 4 is 0 Å². The van der Waals surface area contributed by atoms with Crippen molar-refractivity contribution in [2.75, 3.05) is 6.54 Å². The minimum atomic E-state index is 0.713. The van der Waals surface area contributed by atoms with Crippen LogP contribution >= 0.6 is 0 Å². The van der Waals surface area contributed by atoms with Gasteiger partial charge in [0.15, 0.2) is 0 Å². The van der Waals surface area contributed by atoms with Crippen molar-refractivity contribution in [3.63, 3.8) is 0 Å². The second-order valence-electron chi connectivity index (χ2n) is 7.05. The van der Waals surface area contributed by atoms with Crippen molar-refractivity contribution in [2.45, 2.75) is 70.3 Å². The summed E-state index contributed by atoms with van der Waals surface area (Å²) in [7, 11) is 0. The maximum absolute atomic E-state index is 3.67. The Kier molecular flexibility index (Phi) is 4.77. The lowest BCUT2D eigenvalue weighted by Gasteiger charge is -2.27. The van der Waals surface area contributed by atoms with E-state index in [0.29, 0.717) is 6.04 Å². The van der Waals surface area contributed by atoms with Gasteiger partial charge in [-0.05, 0) is 61.6 Å². The van der Waals surface area contributed by atoms with Crippen LogP contribution in [0.25, 0.3) is 0 Å². The van der Waals surface area contributed by atoms with Crippen molar-refractivity contribution in [3.8, 4) is 0 Å². The first-order valence-electron chi connectivity index (χ1n) is 8.63. The van der Waals surface area contributed by atoms with Gasteiger partial charge in [0.1, 0.15) is 0 Å². The van der Waals surface area contributed by atoms with Crippen LogP contribution in [-0.4, -0.2) is 12.6 Å². The quantitative estimate of drug-likeness (QED) is 0.842. The fourth-order valence-electron chi connectivity index (χ4n) is 3.95. The number of hydrogen-bond acceptors (Lipinski definition) is 1. The van der Waals surface area contributed by atoms with Crippen molar-refractivity contribution in [1.29, 1.82) is 0 Å². The molecular formula is C19H29N. The zero-order valence-electron chi connectivity index (χ0n) is 12.9. The molecule has 0 amide bonds. The van der Waals surface area contributed by atoms with Gasteiger partial charge in [-0.25, -0.2) is 0 Å². The summed E-state index contributed by atoms with van der Waals surface area (Å²) in [6, 6.07) is 10.2. The van der Waals surface area contributed by atoms with E-state index < -0.39 is 0 Å². The first-order valence-corrected chi connectivity index (χ1v) is 8.63. The van der Waals surface area contributed by atoms with Crippen LogP contribution in [0.1, 0.15) is 68.9 Å². The molecule has 0 radical (unpaired) electrons. The largest absolute Gasteiger partial charge is 0.314 e. The summed E-state index contributed by atoms with van der Waals surface area (Å²) < 4.78 is 0. The van der Waals surface area contributed by atoms with E-state index in [9.17, 15) is 0 Å². The molecule has 3 rings (SSSR count). The van der Waals surface area contributed by atoms with Crippen LogP contribution in [0.4, 0.5) is 0 Å². The van der Waals surface area contributed by atoms with E-state index in [1.807, 2.05) is 0 Å². The van der Waals surface area contributed by atoms with E-state index in [1.165, 1.54) is 57.9 Å². The van der Waals surface area contributed by atoms with Gasteiger partial charge < -0.3 is 5.32 Å². The van der Waals surface area contributed by atoms with Gasteiger partial charge in [-0.15, -0.1) is 0 Å². The lowest BCUT2D eigenvalue weighted by atomic mass is 9.79. The van der Waals surface area contributed by atoms with Crippen LogP contribution in [0, 0.1) is 5.92 Å². The second-order valence-corrected chi connectivity index (χ2v) is 7.05. The van der Waals surface area contributed by atoms with Gasteiger partial charge in [0.25, 0.3) is 0 Å². The van der Waals surface area contributed by atoms with E-state index in [4.69, 9.17) is 0 Å². The van der Waals surface area contributed by atoms with E-state index >= 15 is 0 Å². The Morgan fingerprint density at radius 3 is 2.65 bits per heavy atom. The van der Waals surface area contributed by atoms with Crippen LogP contribution in [0.15, 0.2) is 24.3 Å². The highest BCUT2D eigenvalue weighted by Crippen LogP contribution is 2.35. The minimum absolute atomic E-state index is 0.713. The molecule has 2 aliphatic rings. The predicted octanol–water partition coefficient (Wildman–Crippen LogP) is 4.66. The number of rotatable bonds is 3. The predicted molar refractivity (Wildman–Crippen MR) is 86.2 cm³/mol. The normalized spacial score (nSPS) is 31.1. The molecule has 1 aromatic carbocycles. The van der Waals surface area contributed by atoms with Gasteiger partial charge >= 0.3 is 0 Å². The van der Waals surface area contributed by atoms with Gasteiger partial charge in [-0.1, -0.05) is 50.5 Å². The van der Waals surface area contributed by atoms with Gasteiger partial charge in [0.05, 0.1) is 0 Å². The third-order valence-corrected chi connectivity index (χ3v) is 5.33. The van der Waals surface area contributed by atoms with Crippen LogP contribution in [0.3, 0.4) is 0 Å². The number of benzene rings is 1. The third-order valence-electron chi connectivity index (χ3n) is 5.33. The molecule has 1 saturated carbocycles. The summed E-state index contributed by atoms with van der Waals surface area (Å²) in [5.74, 6) is 1.77. The van der Waals surface area contributed by atoms with Gasteiger partial charge in [0, 0.05) is 6.04 Å². The van der Waals surface area contributed by atoms with Crippen molar-refractivity contribution < 1.29 is 0 Å². The highest BCUT2D eigenvalue weighted by molar-refractivity contribution is 5.27. The highest BCUT2D eigenvalue weighted by Gasteiger charge is 2.20. The molecule has 0 spiro atoms. The van der Waals surface area contributed by atoms with E-state index in [0.717, 1.165) is 11.8 Å². The molecule has 1 N–H and O–H groups in total. The Balaban J connectivity index is 1.63. The van der Waals surface area contributed by atoms with Gasteiger partial charge in [-0.2, -0.15) is 0 Å². The summed E-state index contributed by atoms with van der Waals surface area (Å²) in [5.41, 5.74) is 3.14. The summed E-state index contributed by atoms with van der Waals surface area (Å²) in [4.78, 5) is 0. The molecule has 0 aromatic heterocycles. The SMILES string of the molecule is CC1CCC(c2cccc(CC3CCCCN3)c2)CC1. The first-order chi connectivity index (χ1) is 9.81. The average molecular weight is 271 g/mol. The number of piperidine rings is 1. The molecule has 110 valence electrons. The average Bonchev–Trinajstić information content (AvgIpc) is 2.49. The van der Waals surface area contributed by atoms with Crippen LogP contribution in [0.2, 0.25) is 0 Å². The summed E-state index contributed by atoms with van der Waals surface area (Å²) >= 11 is 0. The molecule has 20 heavy (non-hydrogen) atoms. The lowest BCUT2D eigenvalue weighted by Crippen LogP contribution is -2.35. The van der Waals surface area contributed by atoms with E-state index in [-0.39, 0.29) is 0 Å². The molecule has 0 bridgehead atoms. The van der Waals surface area contributed by atoms with E-state index in [1.54, 1.807) is 11.1 Å².